The van der Waals surface area contributed by atoms with Crippen LogP contribution in [0, 0.1) is 0 Å². The fraction of sp³-hybridized carbons (Fsp3) is 0.200. The highest BCUT2D eigenvalue weighted by molar-refractivity contribution is 7.92. The average molecular weight is 526 g/mol. The van der Waals surface area contributed by atoms with Crippen LogP contribution in [0.15, 0.2) is 70.6 Å². The van der Waals surface area contributed by atoms with E-state index in [0.29, 0.717) is 53.1 Å². The molecule has 5 rings (SSSR count). The van der Waals surface area contributed by atoms with Crippen molar-refractivity contribution in [1.29, 1.82) is 0 Å². The van der Waals surface area contributed by atoms with Crippen molar-refractivity contribution >= 4 is 43.2 Å². The molecule has 0 saturated heterocycles. The molecule has 1 N–H and O–H groups in total. The number of aryl methyl sites for hydroxylation is 1. The molecule has 36 heavy (non-hydrogen) atoms. The van der Waals surface area contributed by atoms with Crippen molar-refractivity contribution in [2.45, 2.75) is 18.4 Å². The summed E-state index contributed by atoms with van der Waals surface area (Å²) in [6.07, 6.45) is 0. The molecule has 0 bridgehead atoms. The summed E-state index contributed by atoms with van der Waals surface area (Å²) in [7, 11) is -2.28. The van der Waals surface area contributed by atoms with E-state index in [-0.39, 0.29) is 4.90 Å². The molecule has 0 radical (unpaired) electrons. The van der Waals surface area contributed by atoms with Gasteiger partial charge in [-0.25, -0.2) is 8.42 Å². The molecular formula is C25H23N3O6S2. The van der Waals surface area contributed by atoms with Crippen LogP contribution >= 0.6 is 11.3 Å². The van der Waals surface area contributed by atoms with Crippen molar-refractivity contribution in [2.75, 3.05) is 25.0 Å². The first-order valence-electron chi connectivity index (χ1n) is 11.2. The van der Waals surface area contributed by atoms with E-state index in [4.69, 9.17) is 14.2 Å². The number of carbonyl (C=O) groups is 1. The summed E-state index contributed by atoms with van der Waals surface area (Å²) in [5.74, 6) is 1.50. The maximum absolute atomic E-state index is 12.9. The van der Waals surface area contributed by atoms with Gasteiger partial charge in [-0.15, -0.1) is 0 Å². The Morgan fingerprint density at radius 1 is 1.06 bits per heavy atom. The molecule has 1 aromatic heterocycles. The first-order valence-corrected chi connectivity index (χ1v) is 13.5. The van der Waals surface area contributed by atoms with Gasteiger partial charge in [0.2, 0.25) is 0 Å². The van der Waals surface area contributed by atoms with Crippen molar-refractivity contribution in [2.24, 2.45) is 4.99 Å². The number of benzene rings is 3. The molecule has 0 aliphatic carbocycles. The maximum Gasteiger partial charge on any atom is 0.279 e. The van der Waals surface area contributed by atoms with Crippen LogP contribution in [0.1, 0.15) is 17.3 Å². The normalized spacial score (nSPS) is 13.6. The summed E-state index contributed by atoms with van der Waals surface area (Å²) in [5.41, 5.74) is 1.59. The Morgan fingerprint density at radius 2 is 1.72 bits per heavy atom. The number of nitrogens with zero attached hydrogens (tertiary/aromatic N) is 2. The van der Waals surface area contributed by atoms with Crippen LogP contribution in [0.25, 0.3) is 10.2 Å². The lowest BCUT2D eigenvalue weighted by Gasteiger charge is -2.18. The summed E-state index contributed by atoms with van der Waals surface area (Å²) in [6, 6.07) is 16.0. The van der Waals surface area contributed by atoms with Crippen LogP contribution in [0.2, 0.25) is 0 Å². The van der Waals surface area contributed by atoms with Crippen LogP contribution in [-0.4, -0.2) is 39.2 Å². The summed E-state index contributed by atoms with van der Waals surface area (Å²) in [5, 5.41) is 0. The quantitative estimate of drug-likeness (QED) is 0.407. The van der Waals surface area contributed by atoms with Gasteiger partial charge >= 0.3 is 0 Å². The number of thiazole rings is 1. The Bertz CT molecular complexity index is 1600. The Morgan fingerprint density at radius 3 is 2.36 bits per heavy atom. The standard InChI is InChI=1S/C25H23N3O6S2/c1-3-28-20-14-21-22(34-13-12-33-21)15-23(20)35-25(28)26-24(29)16-4-6-17(7-5-16)27-36(30,31)19-10-8-18(32-2)9-11-19/h4-11,14-15,27H,3,12-13H2,1-2H3. The van der Waals surface area contributed by atoms with Crippen LogP contribution in [0.4, 0.5) is 5.69 Å². The molecule has 3 aromatic carbocycles. The average Bonchev–Trinajstić information content (AvgIpc) is 3.22. The maximum atomic E-state index is 12.9. The van der Waals surface area contributed by atoms with E-state index >= 15 is 0 Å². The fourth-order valence-electron chi connectivity index (χ4n) is 3.80. The van der Waals surface area contributed by atoms with E-state index < -0.39 is 15.9 Å². The van der Waals surface area contributed by atoms with Crippen LogP contribution in [0.3, 0.4) is 0 Å². The van der Waals surface area contributed by atoms with Gasteiger partial charge in [0.15, 0.2) is 16.3 Å². The van der Waals surface area contributed by atoms with E-state index in [1.54, 1.807) is 24.3 Å². The monoisotopic (exact) mass is 525 g/mol. The van der Waals surface area contributed by atoms with Crippen molar-refractivity contribution in [3.05, 3.63) is 71.0 Å². The van der Waals surface area contributed by atoms with Gasteiger partial charge in [-0.1, -0.05) is 11.3 Å². The zero-order chi connectivity index (χ0) is 25.3. The van der Waals surface area contributed by atoms with Gasteiger partial charge in [-0.2, -0.15) is 4.99 Å². The van der Waals surface area contributed by atoms with E-state index in [2.05, 4.69) is 9.71 Å². The van der Waals surface area contributed by atoms with Gasteiger partial charge in [-0.3, -0.25) is 9.52 Å². The first kappa shape index (κ1) is 23.9. The van der Waals surface area contributed by atoms with E-state index in [1.807, 2.05) is 23.6 Å². The molecule has 0 atom stereocenters. The highest BCUT2D eigenvalue weighted by Gasteiger charge is 2.17. The van der Waals surface area contributed by atoms with Crippen LogP contribution in [0.5, 0.6) is 17.2 Å². The molecule has 0 saturated carbocycles. The number of carbonyl (C=O) groups excluding carboxylic acids is 1. The zero-order valence-electron chi connectivity index (χ0n) is 19.6. The van der Waals surface area contributed by atoms with Gasteiger partial charge in [0.25, 0.3) is 15.9 Å². The Labute approximate surface area is 211 Å². The minimum atomic E-state index is -3.79. The van der Waals surface area contributed by atoms with Gasteiger partial charge in [-0.05, 0) is 55.5 Å². The Kier molecular flexibility index (Phi) is 6.42. The molecule has 0 fully saturated rings. The molecule has 2 heterocycles. The minimum Gasteiger partial charge on any atom is -0.497 e. The first-order chi connectivity index (χ1) is 17.4. The molecule has 0 spiro atoms. The molecular weight excluding hydrogens is 502 g/mol. The highest BCUT2D eigenvalue weighted by atomic mass is 32.2. The van der Waals surface area contributed by atoms with E-state index in [9.17, 15) is 13.2 Å². The van der Waals surface area contributed by atoms with Gasteiger partial charge in [0.05, 0.1) is 22.2 Å². The predicted octanol–water partition coefficient (Wildman–Crippen LogP) is 4.04. The van der Waals surface area contributed by atoms with Gasteiger partial charge in [0, 0.05) is 29.9 Å². The van der Waals surface area contributed by atoms with Crippen LogP contribution < -0.4 is 23.7 Å². The molecule has 4 aromatic rings. The third-order valence-electron chi connectivity index (χ3n) is 5.61. The summed E-state index contributed by atoms with van der Waals surface area (Å²) >= 11 is 1.39. The van der Waals surface area contributed by atoms with Crippen molar-refractivity contribution in [3.63, 3.8) is 0 Å². The topological polar surface area (TPSA) is 108 Å². The number of hydrogen-bond acceptors (Lipinski definition) is 7. The van der Waals surface area contributed by atoms with Crippen LogP contribution in [-0.2, 0) is 16.6 Å². The van der Waals surface area contributed by atoms with E-state index in [1.165, 1.54) is 42.7 Å². The van der Waals surface area contributed by atoms with Crippen molar-refractivity contribution < 1.29 is 27.4 Å². The smallest absolute Gasteiger partial charge is 0.279 e. The number of amides is 1. The molecule has 1 aliphatic heterocycles. The molecule has 9 nitrogen and oxygen atoms in total. The molecule has 11 heteroatoms. The second-order valence-electron chi connectivity index (χ2n) is 7.87. The lowest BCUT2D eigenvalue weighted by molar-refractivity contribution is 0.0998. The number of hydrogen-bond donors (Lipinski definition) is 1. The molecule has 1 amide bonds. The zero-order valence-corrected chi connectivity index (χ0v) is 21.2. The number of nitrogens with one attached hydrogen (secondary N) is 1. The lowest BCUT2D eigenvalue weighted by atomic mass is 10.2. The highest BCUT2D eigenvalue weighted by Crippen LogP contribution is 2.35. The van der Waals surface area contributed by atoms with Crippen molar-refractivity contribution in [1.82, 2.24) is 4.57 Å². The number of fused-ring (bicyclic) bond motifs is 2. The largest absolute Gasteiger partial charge is 0.497 e. The Balaban J connectivity index is 1.39. The second kappa shape index (κ2) is 9.67. The Hall–Kier alpha value is -3.83. The number of rotatable bonds is 6. The third-order valence-corrected chi connectivity index (χ3v) is 8.05. The molecule has 186 valence electrons. The van der Waals surface area contributed by atoms with Crippen molar-refractivity contribution in [3.8, 4) is 17.2 Å². The second-order valence-corrected chi connectivity index (χ2v) is 10.6. The fourth-order valence-corrected chi connectivity index (χ4v) is 5.96. The summed E-state index contributed by atoms with van der Waals surface area (Å²) in [6.45, 7) is 3.60. The predicted molar refractivity (Wildman–Crippen MR) is 137 cm³/mol. The summed E-state index contributed by atoms with van der Waals surface area (Å²) < 4.78 is 47.1. The van der Waals surface area contributed by atoms with Gasteiger partial charge < -0.3 is 18.8 Å². The number of ether oxygens (including phenoxy) is 3. The minimum absolute atomic E-state index is 0.102. The molecule has 0 unspecified atom stereocenters. The number of sulfonamides is 1. The third kappa shape index (κ3) is 4.67. The number of anilines is 1. The SMILES string of the molecule is CCn1c(=NC(=O)c2ccc(NS(=O)(=O)c3ccc(OC)cc3)cc2)sc2cc3c(cc21)OCCO3. The number of aromatic nitrogens is 1. The summed E-state index contributed by atoms with van der Waals surface area (Å²) in [4.78, 5) is 17.9. The molecule has 1 aliphatic rings. The van der Waals surface area contributed by atoms with E-state index in [0.717, 1.165) is 10.2 Å². The lowest BCUT2D eigenvalue weighted by Crippen LogP contribution is -2.17. The number of methoxy groups -OCH3 is 1. The van der Waals surface area contributed by atoms with Gasteiger partial charge in [0.1, 0.15) is 19.0 Å².